The van der Waals surface area contributed by atoms with Crippen molar-refractivity contribution in [2.24, 2.45) is 0 Å². The first-order valence-corrected chi connectivity index (χ1v) is 11.4. The third-order valence-corrected chi connectivity index (χ3v) is 5.27. The zero-order valence-corrected chi connectivity index (χ0v) is 18.3. The summed E-state index contributed by atoms with van der Waals surface area (Å²) in [5.41, 5.74) is 1.33. The van der Waals surface area contributed by atoms with Crippen LogP contribution in [-0.4, -0.2) is 48.5 Å². The summed E-state index contributed by atoms with van der Waals surface area (Å²) in [4.78, 5) is 0. The van der Waals surface area contributed by atoms with E-state index in [0.29, 0.717) is 0 Å². The van der Waals surface area contributed by atoms with Crippen LogP contribution in [0.1, 0.15) is 64.2 Å². The molecule has 1 aliphatic rings. The Hall–Kier alpha value is -0.773. The molecule has 145 valence electrons. The molecule has 0 aliphatic heterocycles. The van der Waals surface area contributed by atoms with Gasteiger partial charge in [-0.25, -0.2) is 0 Å². The Bertz CT molecular complexity index is 424. The van der Waals surface area contributed by atoms with Gasteiger partial charge in [-0.3, -0.25) is 4.48 Å². The summed E-state index contributed by atoms with van der Waals surface area (Å²) in [6.07, 6.45) is 26.8. The van der Waals surface area contributed by atoms with Gasteiger partial charge in [-0.2, -0.15) is 0 Å². The van der Waals surface area contributed by atoms with E-state index in [9.17, 15) is 0 Å². The molecule has 3 heteroatoms. The smallest absolute Gasteiger partial charge is 0.177 e. The number of hydrogen-bond donors (Lipinski definition) is 1. The molecule has 0 aromatic heterocycles. The van der Waals surface area contributed by atoms with E-state index in [1.807, 2.05) is 0 Å². The molecular formula is C23H41N2Si+2. The van der Waals surface area contributed by atoms with Gasteiger partial charge in [0.05, 0.1) is 20.6 Å². The van der Waals surface area contributed by atoms with Crippen molar-refractivity contribution in [3.05, 3.63) is 42.5 Å². The zero-order valence-electron chi connectivity index (χ0n) is 17.3. The Labute approximate surface area is 166 Å². The van der Waals surface area contributed by atoms with Crippen LogP contribution in [-0.2, 0) is 0 Å². The molecule has 0 spiro atoms. The second-order valence-electron chi connectivity index (χ2n) is 8.08. The molecule has 0 fully saturated rings. The van der Waals surface area contributed by atoms with Crippen LogP contribution < -0.4 is 5.32 Å². The molecule has 0 saturated carbocycles. The van der Waals surface area contributed by atoms with Gasteiger partial charge >= 0.3 is 0 Å². The highest BCUT2D eigenvalue weighted by molar-refractivity contribution is 6.08. The average molecular weight is 374 g/mol. The highest BCUT2D eigenvalue weighted by Crippen LogP contribution is 2.15. The first-order chi connectivity index (χ1) is 12.6. The van der Waals surface area contributed by atoms with Crippen molar-refractivity contribution in [3.8, 4) is 0 Å². The SMILES string of the molecule is C[N+](C)(C=C1C=CC=C[CH+]1)CCCCCCCCCCCNCCC[Si]. The number of nitrogens with one attached hydrogen (secondary N) is 1. The third kappa shape index (κ3) is 13.4. The summed E-state index contributed by atoms with van der Waals surface area (Å²) in [5, 5.41) is 3.50. The van der Waals surface area contributed by atoms with Crippen LogP contribution in [0, 0.1) is 6.42 Å². The van der Waals surface area contributed by atoms with Crippen molar-refractivity contribution in [2.45, 2.75) is 70.3 Å². The summed E-state index contributed by atoms with van der Waals surface area (Å²) < 4.78 is 0.980. The van der Waals surface area contributed by atoms with E-state index in [0.717, 1.165) is 17.1 Å². The van der Waals surface area contributed by atoms with E-state index < -0.39 is 0 Å². The monoisotopic (exact) mass is 373 g/mol. The van der Waals surface area contributed by atoms with Gasteiger partial charge in [0.2, 0.25) is 0 Å². The second-order valence-corrected chi connectivity index (χ2v) is 8.58. The Morgan fingerprint density at radius 3 is 2.12 bits per heavy atom. The molecule has 0 atom stereocenters. The molecule has 2 nitrogen and oxygen atoms in total. The molecule has 1 aliphatic carbocycles. The Kier molecular flexibility index (Phi) is 13.7. The minimum absolute atomic E-state index is 0.980. The topological polar surface area (TPSA) is 12.0 Å². The van der Waals surface area contributed by atoms with E-state index in [1.54, 1.807) is 0 Å². The normalized spacial score (nSPS) is 15.6. The molecule has 1 rings (SSSR count). The molecule has 0 heterocycles. The van der Waals surface area contributed by atoms with Crippen LogP contribution in [0.5, 0.6) is 0 Å². The molecule has 0 bridgehead atoms. The predicted molar refractivity (Wildman–Crippen MR) is 117 cm³/mol. The van der Waals surface area contributed by atoms with Gasteiger partial charge in [-0.05, 0) is 38.8 Å². The van der Waals surface area contributed by atoms with E-state index >= 15 is 0 Å². The van der Waals surface area contributed by atoms with E-state index in [2.05, 4.69) is 66.6 Å². The van der Waals surface area contributed by atoms with Crippen LogP contribution in [0.4, 0.5) is 0 Å². The lowest BCUT2D eigenvalue weighted by atomic mass is 10.1. The van der Waals surface area contributed by atoms with Gasteiger partial charge in [0, 0.05) is 41.0 Å². The Morgan fingerprint density at radius 1 is 0.885 bits per heavy atom. The minimum Gasteiger partial charge on any atom is -0.317 e. The standard InChI is InChI=1S/C23H41N2Si/c1-25(2,22-23-16-11-10-12-17-23)20-14-9-7-5-3-4-6-8-13-18-24-19-15-21-26/h10-12,16-17,22,24H,3-9,13-15,18-21H2,1-2H3/q+2. The van der Waals surface area contributed by atoms with Gasteiger partial charge in [0.25, 0.3) is 0 Å². The van der Waals surface area contributed by atoms with Crippen molar-refractivity contribution in [1.29, 1.82) is 0 Å². The Balaban J connectivity index is 1.88. The largest absolute Gasteiger partial charge is 0.317 e. The maximum atomic E-state index is 3.51. The molecular weight excluding hydrogens is 332 g/mol. The lowest BCUT2D eigenvalue weighted by Crippen LogP contribution is -2.34. The van der Waals surface area contributed by atoms with Crippen molar-refractivity contribution >= 4 is 10.2 Å². The fourth-order valence-corrected chi connectivity index (χ4v) is 3.53. The number of hydrogen-bond acceptors (Lipinski definition) is 1. The Morgan fingerprint density at radius 2 is 1.50 bits per heavy atom. The first-order valence-electron chi connectivity index (χ1n) is 10.7. The van der Waals surface area contributed by atoms with Crippen molar-refractivity contribution in [3.63, 3.8) is 0 Å². The van der Waals surface area contributed by atoms with E-state index in [1.165, 1.54) is 82.9 Å². The minimum atomic E-state index is 0.980. The average Bonchev–Trinajstić information content (AvgIpc) is 2.62. The molecule has 26 heavy (non-hydrogen) atoms. The van der Waals surface area contributed by atoms with Gasteiger partial charge in [-0.15, -0.1) is 0 Å². The highest BCUT2D eigenvalue weighted by atomic mass is 28.1. The molecule has 0 aromatic carbocycles. The first kappa shape index (κ1) is 23.3. The molecule has 0 aromatic rings. The summed E-state index contributed by atoms with van der Waals surface area (Å²) in [6, 6.07) is 1.11. The fourth-order valence-electron chi connectivity index (χ4n) is 3.35. The molecule has 0 unspecified atom stereocenters. The maximum absolute atomic E-state index is 3.51. The summed E-state index contributed by atoms with van der Waals surface area (Å²) >= 11 is 0. The number of quaternary nitrogens is 1. The van der Waals surface area contributed by atoms with Crippen LogP contribution in [0.25, 0.3) is 0 Å². The quantitative estimate of drug-likeness (QED) is 0.166. The van der Waals surface area contributed by atoms with Crippen molar-refractivity contribution in [2.75, 3.05) is 33.7 Å². The van der Waals surface area contributed by atoms with Crippen LogP contribution in [0.2, 0.25) is 6.04 Å². The lowest BCUT2D eigenvalue weighted by Gasteiger charge is -2.22. The molecule has 3 radical (unpaired) electrons. The van der Waals surface area contributed by atoms with E-state index in [4.69, 9.17) is 0 Å². The summed E-state index contributed by atoms with van der Waals surface area (Å²) in [6.45, 7) is 3.58. The van der Waals surface area contributed by atoms with Crippen molar-refractivity contribution in [1.82, 2.24) is 5.32 Å². The lowest BCUT2D eigenvalue weighted by molar-refractivity contribution is -0.839. The van der Waals surface area contributed by atoms with Gasteiger partial charge < -0.3 is 5.32 Å². The summed E-state index contributed by atoms with van der Waals surface area (Å²) in [5.74, 6) is 0. The molecule has 0 amide bonds. The number of allylic oxidation sites excluding steroid dienone is 5. The number of unbranched alkanes of at least 4 members (excludes halogenated alkanes) is 8. The maximum Gasteiger partial charge on any atom is 0.177 e. The fraction of sp³-hybridized carbons (Fsp3) is 0.696. The predicted octanol–water partition coefficient (Wildman–Crippen LogP) is 5.35. The second kappa shape index (κ2) is 15.3. The van der Waals surface area contributed by atoms with Gasteiger partial charge in [-0.1, -0.05) is 44.6 Å². The van der Waals surface area contributed by atoms with E-state index in [-0.39, 0.29) is 0 Å². The van der Waals surface area contributed by atoms with Crippen molar-refractivity contribution < 1.29 is 4.48 Å². The molecule has 0 saturated heterocycles. The van der Waals surface area contributed by atoms with Crippen LogP contribution in [0.3, 0.4) is 0 Å². The van der Waals surface area contributed by atoms with Crippen LogP contribution >= 0.6 is 0 Å². The van der Waals surface area contributed by atoms with Crippen LogP contribution in [0.15, 0.2) is 36.1 Å². The number of rotatable bonds is 16. The third-order valence-electron chi connectivity index (χ3n) is 4.92. The zero-order chi connectivity index (χ0) is 18.9. The number of nitrogens with zero attached hydrogens (tertiary/aromatic N) is 1. The molecule has 1 N–H and O–H groups in total. The van der Waals surface area contributed by atoms with Gasteiger partial charge in [0.15, 0.2) is 6.20 Å². The van der Waals surface area contributed by atoms with Gasteiger partial charge in [0.1, 0.15) is 5.57 Å². The summed E-state index contributed by atoms with van der Waals surface area (Å²) in [7, 11) is 8.12. The highest BCUT2D eigenvalue weighted by Gasteiger charge is 2.17.